The number of thiocarbonyl (C=S) groups is 1. The maximum absolute atomic E-state index is 12.1. The molecule has 0 aliphatic carbocycles. The van der Waals surface area contributed by atoms with E-state index in [4.69, 9.17) is 17.0 Å². The molecule has 0 spiro atoms. The highest BCUT2D eigenvalue weighted by molar-refractivity contribution is 7.80. The van der Waals surface area contributed by atoms with Gasteiger partial charge in [0.25, 0.3) is 0 Å². The average molecular weight is 540 g/mol. The first-order chi connectivity index (χ1) is 18.9. The van der Waals surface area contributed by atoms with E-state index in [1.165, 1.54) is 22.5 Å². The number of benzene rings is 2. The molecule has 0 unspecified atom stereocenters. The number of hydrogen-bond donors (Lipinski definition) is 2. The van der Waals surface area contributed by atoms with Crippen LogP contribution in [0.5, 0.6) is 5.75 Å². The summed E-state index contributed by atoms with van der Waals surface area (Å²) >= 11 is 5.94. The molecule has 8 heteroatoms. The van der Waals surface area contributed by atoms with Crippen LogP contribution < -0.4 is 20.3 Å². The number of amides is 1. The lowest BCUT2D eigenvalue weighted by Crippen LogP contribution is -2.29. The van der Waals surface area contributed by atoms with E-state index in [9.17, 15) is 4.79 Å². The van der Waals surface area contributed by atoms with Gasteiger partial charge in [-0.15, -0.1) is 0 Å². The third-order valence-electron chi connectivity index (χ3n) is 7.27. The molecule has 7 nitrogen and oxygen atoms in total. The fraction of sp³-hybridized carbons (Fsp3) is 0.258. The molecule has 0 bridgehead atoms. The van der Waals surface area contributed by atoms with Crippen molar-refractivity contribution in [3.8, 4) is 5.75 Å². The van der Waals surface area contributed by atoms with Gasteiger partial charge in [0.15, 0.2) is 5.11 Å². The Balaban J connectivity index is 1.60. The van der Waals surface area contributed by atoms with Crippen LogP contribution in [0.1, 0.15) is 53.6 Å². The molecule has 1 aliphatic rings. The Morgan fingerprint density at radius 1 is 1.08 bits per heavy atom. The Labute approximate surface area is 234 Å². The smallest absolute Gasteiger partial charge is 0.224 e. The quantitative estimate of drug-likeness (QED) is 0.264. The van der Waals surface area contributed by atoms with Gasteiger partial charge < -0.3 is 24.8 Å². The van der Waals surface area contributed by atoms with Gasteiger partial charge in [-0.25, -0.2) is 0 Å². The van der Waals surface area contributed by atoms with Gasteiger partial charge in [-0.05, 0) is 67.5 Å². The number of nitrogens with one attached hydrogen (secondary N) is 2. The summed E-state index contributed by atoms with van der Waals surface area (Å²) in [7, 11) is 1.60. The van der Waals surface area contributed by atoms with Crippen LogP contribution in [0, 0.1) is 13.8 Å². The van der Waals surface area contributed by atoms with Crippen LogP contribution >= 0.6 is 12.2 Å². The van der Waals surface area contributed by atoms with Crippen molar-refractivity contribution in [3.63, 3.8) is 0 Å². The molecule has 39 heavy (non-hydrogen) atoms. The van der Waals surface area contributed by atoms with E-state index in [2.05, 4.69) is 69.3 Å². The third kappa shape index (κ3) is 5.25. The van der Waals surface area contributed by atoms with Crippen LogP contribution in [0.2, 0.25) is 0 Å². The first-order valence-corrected chi connectivity index (χ1v) is 13.5. The lowest BCUT2D eigenvalue weighted by molar-refractivity contribution is -0.115. The second-order valence-electron chi connectivity index (χ2n) is 9.68. The number of rotatable bonds is 8. The van der Waals surface area contributed by atoms with Crippen LogP contribution in [0.3, 0.4) is 0 Å². The average Bonchev–Trinajstić information content (AvgIpc) is 3.45. The Hall–Kier alpha value is -4.17. The summed E-state index contributed by atoms with van der Waals surface area (Å²) in [6, 6.07) is 24.2. The molecular formula is C31H33N5O2S. The van der Waals surface area contributed by atoms with Gasteiger partial charge >= 0.3 is 0 Å². The Bertz CT molecular complexity index is 1490. The molecule has 0 radical (unpaired) electrons. The molecule has 1 saturated heterocycles. The zero-order valence-electron chi connectivity index (χ0n) is 22.6. The molecule has 4 aromatic rings. The number of anilines is 2. The number of aromatic nitrogens is 2. The monoisotopic (exact) mass is 539 g/mol. The van der Waals surface area contributed by atoms with Gasteiger partial charge in [0.2, 0.25) is 5.91 Å². The fourth-order valence-electron chi connectivity index (χ4n) is 5.26. The third-order valence-corrected chi connectivity index (χ3v) is 7.59. The molecule has 2 aromatic carbocycles. The molecule has 1 fully saturated rings. The van der Waals surface area contributed by atoms with E-state index >= 15 is 0 Å². The lowest BCUT2D eigenvalue weighted by atomic mass is 9.96. The molecule has 2 N–H and O–H groups in total. The Morgan fingerprint density at radius 2 is 1.85 bits per heavy atom. The minimum Gasteiger partial charge on any atom is -0.494 e. The summed E-state index contributed by atoms with van der Waals surface area (Å²) in [6.07, 6.45) is 2.20. The van der Waals surface area contributed by atoms with E-state index < -0.39 is 0 Å². The van der Waals surface area contributed by atoms with Crippen molar-refractivity contribution >= 4 is 34.6 Å². The zero-order valence-corrected chi connectivity index (χ0v) is 23.5. The summed E-state index contributed by atoms with van der Waals surface area (Å²) in [4.78, 5) is 18.9. The Kier molecular flexibility index (Phi) is 7.65. The predicted molar refractivity (Wildman–Crippen MR) is 159 cm³/mol. The van der Waals surface area contributed by atoms with Crippen LogP contribution in [0.25, 0.3) is 0 Å². The maximum atomic E-state index is 12.1. The van der Waals surface area contributed by atoms with Crippen molar-refractivity contribution in [3.05, 3.63) is 107 Å². The van der Waals surface area contributed by atoms with E-state index in [-0.39, 0.29) is 18.0 Å². The summed E-state index contributed by atoms with van der Waals surface area (Å²) in [5, 5.41) is 7.07. The summed E-state index contributed by atoms with van der Waals surface area (Å²) in [5.41, 5.74) is 7.20. The van der Waals surface area contributed by atoms with Crippen molar-refractivity contribution in [1.82, 2.24) is 14.9 Å². The first-order valence-electron chi connectivity index (χ1n) is 13.1. The van der Waals surface area contributed by atoms with Crippen molar-refractivity contribution in [2.75, 3.05) is 17.3 Å². The maximum Gasteiger partial charge on any atom is 0.224 e. The van der Waals surface area contributed by atoms with Crippen LogP contribution in [-0.2, 0) is 11.3 Å². The molecule has 0 saturated carbocycles. The first kappa shape index (κ1) is 26.4. The molecule has 1 amide bonds. The zero-order chi connectivity index (χ0) is 27.5. The fourth-order valence-corrected chi connectivity index (χ4v) is 5.60. The molecule has 2 atom stereocenters. The predicted octanol–water partition coefficient (Wildman–Crippen LogP) is 6.08. The second-order valence-corrected chi connectivity index (χ2v) is 10.1. The normalized spacial score (nSPS) is 16.7. The molecule has 5 rings (SSSR count). The molecular weight excluding hydrogens is 506 g/mol. The molecule has 200 valence electrons. The van der Waals surface area contributed by atoms with E-state index in [1.807, 2.05) is 55.6 Å². The van der Waals surface area contributed by atoms with Crippen molar-refractivity contribution in [2.24, 2.45) is 0 Å². The van der Waals surface area contributed by atoms with Gasteiger partial charge in [-0.1, -0.05) is 43.3 Å². The number of carbonyl (C=O) groups excluding carboxylic acids is 1. The van der Waals surface area contributed by atoms with Crippen LogP contribution in [0.4, 0.5) is 11.4 Å². The summed E-state index contributed by atoms with van der Waals surface area (Å²) < 4.78 is 8.02. The van der Waals surface area contributed by atoms with Crippen molar-refractivity contribution in [2.45, 2.75) is 45.8 Å². The van der Waals surface area contributed by atoms with Gasteiger partial charge in [0.1, 0.15) is 5.75 Å². The number of ether oxygens (including phenoxy) is 1. The number of nitrogens with zero attached hydrogens (tertiary/aromatic N) is 3. The number of pyridine rings is 1. The Morgan fingerprint density at radius 3 is 2.54 bits per heavy atom. The molecule has 3 heterocycles. The number of carbonyl (C=O) groups is 1. The standard InChI is InChI=1S/C31H33N5O2S/c1-5-28(37)33-25-15-14-23(18-27(25)38-4)36-30(29(34-31(36)39)26-13-9-10-16-32-26)24-17-20(2)35(21(24)3)19-22-11-7-6-8-12-22/h6-18,29-30H,5,19H2,1-4H3,(H,33,37)(H,34,39)/t29-,30+/m0/s1. The molecule has 1 aliphatic heterocycles. The minimum absolute atomic E-state index is 0.0710. The van der Waals surface area contributed by atoms with Gasteiger partial charge in [0, 0.05) is 42.3 Å². The highest BCUT2D eigenvalue weighted by Gasteiger charge is 2.42. The van der Waals surface area contributed by atoms with Gasteiger partial charge in [-0.2, -0.15) is 0 Å². The van der Waals surface area contributed by atoms with E-state index in [0.717, 1.165) is 17.9 Å². The molecule has 2 aromatic heterocycles. The summed E-state index contributed by atoms with van der Waals surface area (Å²) in [5.74, 6) is 0.505. The van der Waals surface area contributed by atoms with E-state index in [1.54, 1.807) is 7.11 Å². The second kappa shape index (κ2) is 11.3. The van der Waals surface area contributed by atoms with Gasteiger partial charge in [0.05, 0.1) is 30.6 Å². The lowest BCUT2D eigenvalue weighted by Gasteiger charge is -2.29. The van der Waals surface area contributed by atoms with Crippen molar-refractivity contribution in [1.29, 1.82) is 0 Å². The highest BCUT2D eigenvalue weighted by atomic mass is 32.1. The van der Waals surface area contributed by atoms with Crippen LogP contribution in [0.15, 0.2) is 79.0 Å². The van der Waals surface area contributed by atoms with Gasteiger partial charge in [-0.3, -0.25) is 9.78 Å². The van der Waals surface area contributed by atoms with Crippen molar-refractivity contribution < 1.29 is 9.53 Å². The largest absolute Gasteiger partial charge is 0.494 e. The number of aryl methyl sites for hydroxylation is 1. The number of hydrogen-bond acceptors (Lipinski definition) is 4. The summed E-state index contributed by atoms with van der Waals surface area (Å²) in [6.45, 7) is 6.93. The topological polar surface area (TPSA) is 71.4 Å². The highest BCUT2D eigenvalue weighted by Crippen LogP contribution is 2.44. The van der Waals surface area contributed by atoms with Crippen LogP contribution in [-0.4, -0.2) is 27.7 Å². The van der Waals surface area contributed by atoms with E-state index in [0.29, 0.717) is 23.0 Å². The minimum atomic E-state index is -0.158. The SMILES string of the molecule is CCC(=O)Nc1ccc(N2C(=S)N[C@@H](c3ccccn3)[C@H]2c2cc(C)n(Cc3ccccc3)c2C)cc1OC. The number of methoxy groups -OCH3 is 1.